The summed E-state index contributed by atoms with van der Waals surface area (Å²) in [4.78, 5) is 13.0. The van der Waals surface area contributed by atoms with E-state index in [9.17, 15) is 0 Å². The van der Waals surface area contributed by atoms with E-state index in [0.29, 0.717) is 6.61 Å². The highest BCUT2D eigenvalue weighted by Crippen LogP contribution is 2.34. The number of hydrogen-bond donors (Lipinski definition) is 0. The molecule has 0 bridgehead atoms. The summed E-state index contributed by atoms with van der Waals surface area (Å²) in [6.07, 6.45) is 2.58. The molecule has 0 aliphatic carbocycles. The standard InChI is InChI=1S/C13H19N3OS/c1-5-10-9(2)18-13-11(10)12(14-8-15-13)17-7-6-16(3)4/h8H,5-7H2,1-4H3. The van der Waals surface area contributed by atoms with Crippen molar-refractivity contribution in [3.8, 4) is 5.88 Å². The van der Waals surface area contributed by atoms with Crippen molar-refractivity contribution in [1.82, 2.24) is 14.9 Å². The Morgan fingerprint density at radius 3 is 2.78 bits per heavy atom. The highest BCUT2D eigenvalue weighted by Gasteiger charge is 2.14. The van der Waals surface area contributed by atoms with Gasteiger partial charge in [-0.25, -0.2) is 9.97 Å². The zero-order valence-electron chi connectivity index (χ0n) is 11.4. The van der Waals surface area contributed by atoms with Crippen molar-refractivity contribution < 1.29 is 4.74 Å². The summed E-state index contributed by atoms with van der Waals surface area (Å²) >= 11 is 1.72. The van der Waals surface area contributed by atoms with E-state index in [2.05, 4.69) is 28.7 Å². The molecule has 0 aromatic carbocycles. The maximum Gasteiger partial charge on any atom is 0.225 e. The summed E-state index contributed by atoms with van der Waals surface area (Å²) in [6.45, 7) is 5.83. The minimum absolute atomic E-state index is 0.650. The van der Waals surface area contributed by atoms with Gasteiger partial charge >= 0.3 is 0 Å². The molecule has 0 radical (unpaired) electrons. The predicted molar refractivity (Wildman–Crippen MR) is 75.6 cm³/mol. The molecule has 0 N–H and O–H groups in total. The zero-order valence-corrected chi connectivity index (χ0v) is 12.2. The third-order valence-corrected chi connectivity index (χ3v) is 3.94. The average molecular weight is 265 g/mol. The molecule has 0 atom stereocenters. The van der Waals surface area contributed by atoms with Crippen LogP contribution in [-0.4, -0.2) is 42.1 Å². The van der Waals surface area contributed by atoms with Crippen LogP contribution in [0.15, 0.2) is 6.33 Å². The lowest BCUT2D eigenvalue weighted by Crippen LogP contribution is -2.19. The SMILES string of the molecule is CCc1c(C)sc2ncnc(OCCN(C)C)c12. The van der Waals surface area contributed by atoms with Crippen molar-refractivity contribution >= 4 is 21.6 Å². The topological polar surface area (TPSA) is 38.3 Å². The van der Waals surface area contributed by atoms with Crippen molar-refractivity contribution in [2.45, 2.75) is 20.3 Å². The van der Waals surface area contributed by atoms with Crippen LogP contribution in [0, 0.1) is 6.92 Å². The molecule has 0 amide bonds. The molecule has 18 heavy (non-hydrogen) atoms. The van der Waals surface area contributed by atoms with E-state index >= 15 is 0 Å². The van der Waals surface area contributed by atoms with Crippen LogP contribution in [0.5, 0.6) is 5.88 Å². The molecule has 4 nitrogen and oxygen atoms in total. The molecular formula is C13H19N3OS. The van der Waals surface area contributed by atoms with Crippen molar-refractivity contribution in [2.24, 2.45) is 0 Å². The Balaban J connectivity index is 2.32. The number of likely N-dealkylation sites (N-methyl/N-ethyl adjacent to an activating group) is 1. The summed E-state index contributed by atoms with van der Waals surface area (Å²) in [6, 6.07) is 0. The van der Waals surface area contributed by atoms with Gasteiger partial charge in [-0.15, -0.1) is 11.3 Å². The van der Waals surface area contributed by atoms with Gasteiger partial charge in [0.15, 0.2) is 0 Å². The molecule has 0 saturated heterocycles. The van der Waals surface area contributed by atoms with Gasteiger partial charge in [-0.05, 0) is 33.0 Å². The maximum absolute atomic E-state index is 5.80. The van der Waals surface area contributed by atoms with Crippen LogP contribution in [0.2, 0.25) is 0 Å². The number of rotatable bonds is 5. The molecule has 0 aliphatic rings. The Morgan fingerprint density at radius 1 is 1.33 bits per heavy atom. The van der Waals surface area contributed by atoms with Gasteiger partial charge < -0.3 is 9.64 Å². The monoisotopic (exact) mass is 265 g/mol. The number of aromatic nitrogens is 2. The minimum Gasteiger partial charge on any atom is -0.476 e. The molecule has 98 valence electrons. The van der Waals surface area contributed by atoms with E-state index in [1.807, 2.05) is 14.1 Å². The second-order valence-corrected chi connectivity index (χ2v) is 5.70. The highest BCUT2D eigenvalue weighted by molar-refractivity contribution is 7.18. The van der Waals surface area contributed by atoms with Gasteiger partial charge in [0.1, 0.15) is 17.8 Å². The van der Waals surface area contributed by atoms with E-state index in [-0.39, 0.29) is 0 Å². The van der Waals surface area contributed by atoms with Gasteiger partial charge in [0.25, 0.3) is 0 Å². The quantitative estimate of drug-likeness (QED) is 0.832. The first-order valence-corrected chi connectivity index (χ1v) is 6.95. The first kappa shape index (κ1) is 13.2. The third kappa shape index (κ3) is 2.62. The van der Waals surface area contributed by atoms with Crippen molar-refractivity contribution in [1.29, 1.82) is 0 Å². The molecule has 2 heterocycles. The Morgan fingerprint density at radius 2 is 2.11 bits per heavy atom. The minimum atomic E-state index is 0.650. The molecule has 0 fully saturated rings. The molecule has 0 spiro atoms. The zero-order chi connectivity index (χ0) is 13.1. The Hall–Kier alpha value is -1.20. The van der Waals surface area contributed by atoms with Gasteiger partial charge in [-0.3, -0.25) is 0 Å². The Labute approximate surface area is 112 Å². The summed E-state index contributed by atoms with van der Waals surface area (Å²) in [5.74, 6) is 0.725. The highest BCUT2D eigenvalue weighted by atomic mass is 32.1. The molecule has 0 aliphatic heterocycles. The van der Waals surface area contributed by atoms with Crippen LogP contribution in [0.1, 0.15) is 17.4 Å². The maximum atomic E-state index is 5.80. The van der Waals surface area contributed by atoms with E-state index in [1.165, 1.54) is 10.4 Å². The second kappa shape index (κ2) is 5.63. The van der Waals surface area contributed by atoms with Crippen LogP contribution in [0.4, 0.5) is 0 Å². The molecular weight excluding hydrogens is 246 g/mol. The van der Waals surface area contributed by atoms with Gasteiger partial charge in [-0.1, -0.05) is 6.92 Å². The Kier molecular flexibility index (Phi) is 4.14. The van der Waals surface area contributed by atoms with Gasteiger partial charge in [0, 0.05) is 11.4 Å². The van der Waals surface area contributed by atoms with E-state index in [0.717, 1.165) is 29.1 Å². The number of nitrogens with zero attached hydrogens (tertiary/aromatic N) is 3. The Bertz CT molecular complexity index is 536. The first-order chi connectivity index (χ1) is 8.63. The number of fused-ring (bicyclic) bond motifs is 1. The fourth-order valence-corrected chi connectivity index (χ4v) is 3.00. The molecule has 2 aromatic heterocycles. The second-order valence-electron chi connectivity index (χ2n) is 4.50. The molecule has 0 saturated carbocycles. The van der Waals surface area contributed by atoms with Crippen LogP contribution in [0.25, 0.3) is 10.2 Å². The van der Waals surface area contributed by atoms with Crippen LogP contribution >= 0.6 is 11.3 Å². The van der Waals surface area contributed by atoms with Gasteiger partial charge in [-0.2, -0.15) is 0 Å². The lowest BCUT2D eigenvalue weighted by atomic mass is 10.1. The normalized spacial score (nSPS) is 11.4. The van der Waals surface area contributed by atoms with Crippen molar-refractivity contribution in [3.63, 3.8) is 0 Å². The van der Waals surface area contributed by atoms with Gasteiger partial charge in [0.2, 0.25) is 5.88 Å². The smallest absolute Gasteiger partial charge is 0.225 e. The lowest BCUT2D eigenvalue weighted by Gasteiger charge is -2.11. The number of hydrogen-bond acceptors (Lipinski definition) is 5. The third-order valence-electron chi connectivity index (χ3n) is 2.89. The molecule has 0 unspecified atom stereocenters. The fourth-order valence-electron chi connectivity index (χ4n) is 1.93. The largest absolute Gasteiger partial charge is 0.476 e. The summed E-state index contributed by atoms with van der Waals surface area (Å²) < 4.78 is 5.80. The van der Waals surface area contributed by atoms with E-state index < -0.39 is 0 Å². The molecule has 2 rings (SSSR count). The van der Waals surface area contributed by atoms with Crippen molar-refractivity contribution in [3.05, 3.63) is 16.8 Å². The number of aryl methyl sites for hydroxylation is 2. The lowest BCUT2D eigenvalue weighted by molar-refractivity contribution is 0.256. The summed E-state index contributed by atoms with van der Waals surface area (Å²) in [5.41, 5.74) is 1.32. The molecule has 5 heteroatoms. The first-order valence-electron chi connectivity index (χ1n) is 6.14. The number of ether oxygens (including phenoxy) is 1. The van der Waals surface area contributed by atoms with Crippen LogP contribution in [-0.2, 0) is 6.42 Å². The molecule has 2 aromatic rings. The summed E-state index contributed by atoms with van der Waals surface area (Å²) in [7, 11) is 4.07. The van der Waals surface area contributed by atoms with Crippen LogP contribution in [0.3, 0.4) is 0 Å². The average Bonchev–Trinajstić information content (AvgIpc) is 2.64. The number of thiophene rings is 1. The summed E-state index contributed by atoms with van der Waals surface area (Å²) in [5, 5.41) is 1.10. The van der Waals surface area contributed by atoms with Gasteiger partial charge in [0.05, 0.1) is 5.39 Å². The van der Waals surface area contributed by atoms with E-state index in [1.54, 1.807) is 17.7 Å². The van der Waals surface area contributed by atoms with Crippen molar-refractivity contribution in [2.75, 3.05) is 27.2 Å². The van der Waals surface area contributed by atoms with Crippen LogP contribution < -0.4 is 4.74 Å². The van der Waals surface area contributed by atoms with E-state index in [4.69, 9.17) is 4.74 Å². The fraction of sp³-hybridized carbons (Fsp3) is 0.538. The predicted octanol–water partition coefficient (Wildman–Crippen LogP) is 2.50.